The fraction of sp³-hybridized carbons (Fsp3) is 0.500. The van der Waals surface area contributed by atoms with Crippen molar-refractivity contribution in [2.24, 2.45) is 5.14 Å². The van der Waals surface area contributed by atoms with Crippen LogP contribution in [0.3, 0.4) is 0 Å². The number of benzene rings is 1. The molecule has 1 fully saturated rings. The Morgan fingerprint density at radius 1 is 1.42 bits per heavy atom. The van der Waals surface area contributed by atoms with Gasteiger partial charge in [0.15, 0.2) is 0 Å². The first-order valence-electron chi connectivity index (χ1n) is 6.08. The van der Waals surface area contributed by atoms with Gasteiger partial charge in [-0.25, -0.2) is 13.6 Å². The predicted molar refractivity (Wildman–Crippen MR) is 80.8 cm³/mol. The van der Waals surface area contributed by atoms with Crippen LogP contribution >= 0.6 is 11.8 Å². The summed E-state index contributed by atoms with van der Waals surface area (Å²) in [5.41, 5.74) is 7.02. The molecule has 0 unspecified atom stereocenters. The SMILES string of the molecule is CSC1(CNc2cc(S(N)(=O)=O)ccc2N)CCC1. The van der Waals surface area contributed by atoms with Crippen LogP contribution in [0.15, 0.2) is 23.1 Å². The highest BCUT2D eigenvalue weighted by atomic mass is 32.2. The Balaban J connectivity index is 2.16. The molecule has 0 aliphatic heterocycles. The first kappa shape index (κ1) is 14.5. The van der Waals surface area contributed by atoms with Crippen molar-refractivity contribution < 1.29 is 8.42 Å². The van der Waals surface area contributed by atoms with Crippen molar-refractivity contribution in [3.8, 4) is 0 Å². The number of sulfonamides is 1. The van der Waals surface area contributed by atoms with Gasteiger partial charge in [-0.2, -0.15) is 11.8 Å². The van der Waals surface area contributed by atoms with Crippen LogP contribution in [-0.4, -0.2) is 26.0 Å². The Morgan fingerprint density at radius 2 is 2.11 bits per heavy atom. The monoisotopic (exact) mass is 301 g/mol. The van der Waals surface area contributed by atoms with E-state index in [-0.39, 0.29) is 9.64 Å². The number of thioether (sulfide) groups is 1. The molecular formula is C12H19N3O2S2. The third-order valence-corrected chi connectivity index (χ3v) is 5.98. The first-order chi connectivity index (χ1) is 8.86. The zero-order valence-electron chi connectivity index (χ0n) is 10.8. The van der Waals surface area contributed by atoms with Gasteiger partial charge < -0.3 is 11.1 Å². The van der Waals surface area contributed by atoms with E-state index in [0.717, 1.165) is 6.54 Å². The lowest BCUT2D eigenvalue weighted by Gasteiger charge is -2.40. The summed E-state index contributed by atoms with van der Waals surface area (Å²) < 4.78 is 22.9. The van der Waals surface area contributed by atoms with Crippen molar-refractivity contribution >= 4 is 33.2 Å². The number of nitrogens with one attached hydrogen (secondary N) is 1. The number of primary sulfonamides is 1. The summed E-state index contributed by atoms with van der Waals surface area (Å²) in [5, 5.41) is 8.37. The molecule has 1 saturated carbocycles. The molecule has 7 heteroatoms. The second kappa shape index (κ2) is 5.22. The third-order valence-electron chi connectivity index (χ3n) is 3.65. The third kappa shape index (κ3) is 3.16. The second-order valence-corrected chi connectivity index (χ2v) is 7.72. The molecule has 5 N–H and O–H groups in total. The molecule has 5 nitrogen and oxygen atoms in total. The second-order valence-electron chi connectivity index (χ2n) is 4.89. The van der Waals surface area contributed by atoms with Crippen LogP contribution in [0.5, 0.6) is 0 Å². The van der Waals surface area contributed by atoms with Crippen molar-refractivity contribution in [2.75, 3.05) is 23.9 Å². The smallest absolute Gasteiger partial charge is 0.238 e. The van der Waals surface area contributed by atoms with Gasteiger partial charge in [0, 0.05) is 11.3 Å². The van der Waals surface area contributed by atoms with Crippen molar-refractivity contribution in [2.45, 2.75) is 28.9 Å². The van der Waals surface area contributed by atoms with E-state index in [1.54, 1.807) is 6.07 Å². The van der Waals surface area contributed by atoms with E-state index in [1.165, 1.54) is 31.4 Å². The van der Waals surface area contributed by atoms with Crippen LogP contribution in [0.1, 0.15) is 19.3 Å². The lowest BCUT2D eigenvalue weighted by molar-refractivity contribution is 0.380. The van der Waals surface area contributed by atoms with Crippen LogP contribution in [0.2, 0.25) is 0 Å². The fourth-order valence-electron chi connectivity index (χ4n) is 2.15. The average Bonchev–Trinajstić information content (AvgIpc) is 2.29. The van der Waals surface area contributed by atoms with Gasteiger partial charge in [-0.1, -0.05) is 6.42 Å². The molecule has 0 aromatic heterocycles. The lowest BCUT2D eigenvalue weighted by Crippen LogP contribution is -2.40. The Labute approximate surface area is 118 Å². The van der Waals surface area contributed by atoms with E-state index >= 15 is 0 Å². The zero-order valence-corrected chi connectivity index (χ0v) is 12.5. The highest BCUT2D eigenvalue weighted by Crippen LogP contribution is 2.43. The van der Waals surface area contributed by atoms with Crippen LogP contribution in [0, 0.1) is 0 Å². The molecule has 0 bridgehead atoms. The summed E-state index contributed by atoms with van der Waals surface area (Å²) in [6.45, 7) is 0.784. The number of anilines is 2. The van der Waals surface area contributed by atoms with Gasteiger partial charge in [0.05, 0.1) is 16.3 Å². The Morgan fingerprint density at radius 3 is 2.58 bits per heavy atom. The minimum atomic E-state index is -3.69. The maximum absolute atomic E-state index is 11.3. The molecule has 0 heterocycles. The minimum absolute atomic E-state index is 0.0796. The number of hydrogen-bond donors (Lipinski definition) is 3. The normalized spacial score (nSPS) is 17.8. The van der Waals surface area contributed by atoms with E-state index in [1.807, 2.05) is 11.8 Å². The van der Waals surface area contributed by atoms with E-state index in [0.29, 0.717) is 11.4 Å². The number of nitrogen functional groups attached to an aromatic ring is 1. The van der Waals surface area contributed by atoms with E-state index in [4.69, 9.17) is 10.9 Å². The minimum Gasteiger partial charge on any atom is -0.397 e. The summed E-state index contributed by atoms with van der Waals surface area (Å²) >= 11 is 1.85. The predicted octanol–water partition coefficient (Wildman–Crippen LogP) is 1.61. The van der Waals surface area contributed by atoms with Crippen LogP contribution < -0.4 is 16.2 Å². The molecule has 0 spiro atoms. The van der Waals surface area contributed by atoms with Gasteiger partial charge in [0.1, 0.15) is 0 Å². The Hall–Kier alpha value is -0.920. The number of rotatable bonds is 5. The van der Waals surface area contributed by atoms with E-state index in [9.17, 15) is 8.42 Å². The molecule has 1 aliphatic rings. The molecule has 0 atom stereocenters. The summed E-state index contributed by atoms with van der Waals surface area (Å²) in [7, 11) is -3.69. The quantitative estimate of drug-likeness (QED) is 0.718. The topological polar surface area (TPSA) is 98.2 Å². The van der Waals surface area contributed by atoms with Gasteiger partial charge in [0.2, 0.25) is 10.0 Å². The molecular weight excluding hydrogens is 282 g/mol. The van der Waals surface area contributed by atoms with Gasteiger partial charge in [0.25, 0.3) is 0 Å². The van der Waals surface area contributed by atoms with Gasteiger partial charge >= 0.3 is 0 Å². The summed E-state index contributed by atoms with van der Waals surface area (Å²) in [6.07, 6.45) is 5.70. The summed E-state index contributed by atoms with van der Waals surface area (Å²) in [5.74, 6) is 0. The van der Waals surface area contributed by atoms with Gasteiger partial charge in [-0.05, 0) is 37.3 Å². The molecule has 106 valence electrons. The molecule has 0 saturated heterocycles. The van der Waals surface area contributed by atoms with Gasteiger partial charge in [-0.3, -0.25) is 0 Å². The largest absolute Gasteiger partial charge is 0.397 e. The number of nitrogens with two attached hydrogens (primary N) is 2. The summed E-state index contributed by atoms with van der Waals surface area (Å²) in [4.78, 5) is 0.0796. The van der Waals surface area contributed by atoms with Crippen molar-refractivity contribution in [1.82, 2.24) is 0 Å². The van der Waals surface area contributed by atoms with Gasteiger partial charge in [-0.15, -0.1) is 0 Å². The molecule has 1 aliphatic carbocycles. The average molecular weight is 301 g/mol. The van der Waals surface area contributed by atoms with E-state index in [2.05, 4.69) is 11.6 Å². The Bertz CT molecular complexity index is 563. The van der Waals surface area contributed by atoms with Crippen molar-refractivity contribution in [1.29, 1.82) is 0 Å². The Kier molecular flexibility index (Phi) is 3.98. The lowest BCUT2D eigenvalue weighted by atomic mass is 9.84. The van der Waals surface area contributed by atoms with Crippen LogP contribution in [0.25, 0.3) is 0 Å². The van der Waals surface area contributed by atoms with Crippen LogP contribution in [0.4, 0.5) is 11.4 Å². The standard InChI is InChI=1S/C12H19N3O2S2/c1-18-12(5-2-6-12)8-15-11-7-9(19(14,16)17)3-4-10(11)13/h3-4,7,15H,2,5-6,8,13H2,1H3,(H2,14,16,17). The number of hydrogen-bond acceptors (Lipinski definition) is 5. The molecule has 1 aromatic rings. The molecule has 19 heavy (non-hydrogen) atoms. The zero-order chi connectivity index (χ0) is 14.1. The van der Waals surface area contributed by atoms with Crippen LogP contribution in [-0.2, 0) is 10.0 Å². The first-order valence-corrected chi connectivity index (χ1v) is 8.85. The molecule has 0 amide bonds. The maximum Gasteiger partial charge on any atom is 0.238 e. The van der Waals surface area contributed by atoms with Crippen molar-refractivity contribution in [3.63, 3.8) is 0 Å². The maximum atomic E-state index is 11.3. The van der Waals surface area contributed by atoms with Crippen molar-refractivity contribution in [3.05, 3.63) is 18.2 Å². The highest BCUT2D eigenvalue weighted by molar-refractivity contribution is 8.00. The highest BCUT2D eigenvalue weighted by Gasteiger charge is 2.35. The van der Waals surface area contributed by atoms with E-state index < -0.39 is 10.0 Å². The molecule has 1 aromatic carbocycles. The molecule has 0 radical (unpaired) electrons. The fourth-order valence-corrected chi connectivity index (χ4v) is 3.60. The molecule has 2 rings (SSSR count). The summed E-state index contributed by atoms with van der Waals surface area (Å²) in [6, 6.07) is 4.48.